The van der Waals surface area contributed by atoms with E-state index in [4.69, 9.17) is 0 Å². The van der Waals surface area contributed by atoms with Crippen LogP contribution >= 0.6 is 0 Å². The highest BCUT2D eigenvalue weighted by Gasteiger charge is 2.07. The summed E-state index contributed by atoms with van der Waals surface area (Å²) < 4.78 is 13.2. The number of aromatic nitrogens is 2. The highest BCUT2D eigenvalue weighted by Crippen LogP contribution is 2.16. The van der Waals surface area contributed by atoms with E-state index in [1.807, 2.05) is 19.9 Å². The Kier molecular flexibility index (Phi) is 4.70. The number of anilines is 3. The molecule has 25 heavy (non-hydrogen) atoms. The molecule has 1 aromatic heterocycles. The Morgan fingerprint density at radius 1 is 0.920 bits per heavy atom. The Balaban J connectivity index is 1.70. The van der Waals surface area contributed by atoms with Gasteiger partial charge in [-0.3, -0.25) is 4.79 Å². The Hall–Kier alpha value is -3.28. The third kappa shape index (κ3) is 4.38. The number of amides is 1. The van der Waals surface area contributed by atoms with Crippen LogP contribution in [0, 0.1) is 19.7 Å². The number of carbonyl (C=O) groups excluding carboxylic acids is 1. The second-order valence-electron chi connectivity index (χ2n) is 5.64. The highest BCUT2D eigenvalue weighted by atomic mass is 19.1. The lowest BCUT2D eigenvalue weighted by molar-refractivity contribution is 0.102. The van der Waals surface area contributed by atoms with E-state index in [2.05, 4.69) is 20.6 Å². The van der Waals surface area contributed by atoms with E-state index in [9.17, 15) is 9.18 Å². The number of halogens is 1. The number of hydrogen-bond acceptors (Lipinski definition) is 4. The molecular formula is C19H17FN4O. The second kappa shape index (κ2) is 7.09. The van der Waals surface area contributed by atoms with Crippen LogP contribution in [0.25, 0.3) is 0 Å². The Bertz CT molecular complexity index is 889. The zero-order valence-corrected chi connectivity index (χ0v) is 13.9. The SMILES string of the molecule is Cc1cc(C)nc(Nc2ccc(C(=O)Nc3cccc(F)c3)cc2)n1. The fraction of sp³-hybridized carbons (Fsp3) is 0.105. The van der Waals surface area contributed by atoms with Gasteiger partial charge in [-0.15, -0.1) is 0 Å². The number of rotatable bonds is 4. The smallest absolute Gasteiger partial charge is 0.255 e. The molecule has 0 spiro atoms. The molecule has 1 heterocycles. The number of benzene rings is 2. The van der Waals surface area contributed by atoms with Crippen LogP contribution in [0.2, 0.25) is 0 Å². The van der Waals surface area contributed by atoms with Gasteiger partial charge in [-0.2, -0.15) is 0 Å². The van der Waals surface area contributed by atoms with Crippen LogP contribution in [0.1, 0.15) is 21.7 Å². The normalized spacial score (nSPS) is 10.4. The number of nitrogens with zero attached hydrogens (tertiary/aromatic N) is 2. The summed E-state index contributed by atoms with van der Waals surface area (Å²) in [5.74, 6) is -0.194. The Labute approximate surface area is 145 Å². The molecule has 0 saturated heterocycles. The average Bonchev–Trinajstić information content (AvgIpc) is 2.54. The van der Waals surface area contributed by atoms with E-state index in [0.29, 0.717) is 17.2 Å². The maximum Gasteiger partial charge on any atom is 0.255 e. The van der Waals surface area contributed by atoms with Crippen LogP contribution in [0.15, 0.2) is 54.6 Å². The lowest BCUT2D eigenvalue weighted by atomic mass is 10.2. The molecular weight excluding hydrogens is 319 g/mol. The molecule has 0 unspecified atom stereocenters. The molecule has 0 aliphatic carbocycles. The van der Waals surface area contributed by atoms with Crippen molar-refractivity contribution in [2.75, 3.05) is 10.6 Å². The summed E-state index contributed by atoms with van der Waals surface area (Å²) >= 11 is 0. The Morgan fingerprint density at radius 3 is 2.24 bits per heavy atom. The molecule has 1 amide bonds. The first kappa shape index (κ1) is 16.6. The van der Waals surface area contributed by atoms with Gasteiger partial charge in [0.1, 0.15) is 5.82 Å². The summed E-state index contributed by atoms with van der Waals surface area (Å²) in [7, 11) is 0. The molecule has 0 saturated carbocycles. The van der Waals surface area contributed by atoms with E-state index >= 15 is 0 Å². The largest absolute Gasteiger partial charge is 0.324 e. The van der Waals surface area contributed by atoms with E-state index in [1.165, 1.54) is 12.1 Å². The second-order valence-corrected chi connectivity index (χ2v) is 5.64. The predicted octanol–water partition coefficient (Wildman–Crippen LogP) is 4.23. The highest BCUT2D eigenvalue weighted by molar-refractivity contribution is 6.04. The summed E-state index contributed by atoms with van der Waals surface area (Å²) in [5.41, 5.74) is 3.40. The minimum absolute atomic E-state index is 0.306. The Morgan fingerprint density at radius 2 is 1.60 bits per heavy atom. The molecule has 3 aromatic rings. The van der Waals surface area contributed by atoms with Crippen molar-refractivity contribution in [3.05, 3.63) is 77.4 Å². The molecule has 0 radical (unpaired) electrons. The summed E-state index contributed by atoms with van der Waals surface area (Å²) in [6, 6.07) is 14.6. The third-order valence-electron chi connectivity index (χ3n) is 3.47. The van der Waals surface area contributed by atoms with Gasteiger partial charge in [0, 0.05) is 28.3 Å². The third-order valence-corrected chi connectivity index (χ3v) is 3.47. The van der Waals surface area contributed by atoms with E-state index < -0.39 is 5.82 Å². The fourth-order valence-corrected chi connectivity index (χ4v) is 2.39. The van der Waals surface area contributed by atoms with Gasteiger partial charge >= 0.3 is 0 Å². The van der Waals surface area contributed by atoms with Crippen LogP contribution in [0.5, 0.6) is 0 Å². The molecule has 0 aliphatic heterocycles. The van der Waals surface area contributed by atoms with Crippen molar-refractivity contribution in [2.45, 2.75) is 13.8 Å². The van der Waals surface area contributed by atoms with Crippen molar-refractivity contribution in [1.29, 1.82) is 0 Å². The van der Waals surface area contributed by atoms with Crippen LogP contribution in [0.4, 0.5) is 21.7 Å². The first-order chi connectivity index (χ1) is 12.0. The molecule has 6 heteroatoms. The van der Waals surface area contributed by atoms with Gasteiger partial charge in [0.25, 0.3) is 5.91 Å². The lowest BCUT2D eigenvalue weighted by Crippen LogP contribution is -2.11. The first-order valence-electron chi connectivity index (χ1n) is 7.76. The van der Waals surface area contributed by atoms with Crippen molar-refractivity contribution in [3.63, 3.8) is 0 Å². The van der Waals surface area contributed by atoms with Crippen molar-refractivity contribution in [3.8, 4) is 0 Å². The van der Waals surface area contributed by atoms with Gasteiger partial charge in [0.15, 0.2) is 0 Å². The molecule has 0 aliphatic rings. The molecule has 0 bridgehead atoms. The molecule has 2 N–H and O–H groups in total. The molecule has 126 valence electrons. The number of aryl methyl sites for hydroxylation is 2. The van der Waals surface area contributed by atoms with E-state index in [1.54, 1.807) is 36.4 Å². The fourth-order valence-electron chi connectivity index (χ4n) is 2.39. The quantitative estimate of drug-likeness (QED) is 0.748. The standard InChI is InChI=1S/C19H17FN4O/c1-12-10-13(2)22-19(21-12)24-16-8-6-14(7-9-16)18(25)23-17-5-3-4-15(20)11-17/h3-11H,1-2H3,(H,23,25)(H,21,22,24). The molecule has 0 fully saturated rings. The van der Waals surface area contributed by atoms with Crippen LogP contribution in [-0.2, 0) is 0 Å². The maximum absolute atomic E-state index is 13.2. The minimum atomic E-state index is -0.397. The number of hydrogen-bond donors (Lipinski definition) is 2. The molecule has 3 rings (SSSR count). The molecule has 2 aromatic carbocycles. The topological polar surface area (TPSA) is 66.9 Å². The monoisotopic (exact) mass is 336 g/mol. The van der Waals surface area contributed by atoms with Crippen molar-refractivity contribution < 1.29 is 9.18 Å². The summed E-state index contributed by atoms with van der Waals surface area (Å²) in [6.07, 6.45) is 0. The number of nitrogens with one attached hydrogen (secondary N) is 2. The zero-order valence-electron chi connectivity index (χ0n) is 13.9. The van der Waals surface area contributed by atoms with Crippen LogP contribution in [0.3, 0.4) is 0 Å². The summed E-state index contributed by atoms with van der Waals surface area (Å²) in [6.45, 7) is 3.80. The average molecular weight is 336 g/mol. The minimum Gasteiger partial charge on any atom is -0.324 e. The van der Waals surface area contributed by atoms with Crippen LogP contribution < -0.4 is 10.6 Å². The van der Waals surface area contributed by atoms with E-state index in [0.717, 1.165) is 17.1 Å². The van der Waals surface area contributed by atoms with Crippen molar-refractivity contribution >= 4 is 23.2 Å². The summed E-state index contributed by atoms with van der Waals surface area (Å²) in [4.78, 5) is 20.8. The van der Waals surface area contributed by atoms with Gasteiger partial charge in [0.2, 0.25) is 5.95 Å². The molecule has 5 nitrogen and oxygen atoms in total. The number of carbonyl (C=O) groups is 1. The van der Waals surface area contributed by atoms with Crippen molar-refractivity contribution in [2.24, 2.45) is 0 Å². The predicted molar refractivity (Wildman–Crippen MR) is 95.6 cm³/mol. The van der Waals surface area contributed by atoms with Gasteiger partial charge in [-0.1, -0.05) is 6.07 Å². The van der Waals surface area contributed by atoms with Gasteiger partial charge in [-0.05, 0) is 62.4 Å². The van der Waals surface area contributed by atoms with Crippen molar-refractivity contribution in [1.82, 2.24) is 9.97 Å². The summed E-state index contributed by atoms with van der Waals surface area (Å²) in [5, 5.41) is 5.76. The maximum atomic E-state index is 13.2. The molecule has 0 atom stereocenters. The lowest BCUT2D eigenvalue weighted by Gasteiger charge is -2.08. The van der Waals surface area contributed by atoms with Gasteiger partial charge in [0.05, 0.1) is 0 Å². The van der Waals surface area contributed by atoms with Crippen LogP contribution in [-0.4, -0.2) is 15.9 Å². The van der Waals surface area contributed by atoms with E-state index in [-0.39, 0.29) is 5.91 Å². The zero-order chi connectivity index (χ0) is 17.8. The first-order valence-corrected chi connectivity index (χ1v) is 7.76. The van der Waals surface area contributed by atoms with Gasteiger partial charge in [-0.25, -0.2) is 14.4 Å². The van der Waals surface area contributed by atoms with Gasteiger partial charge < -0.3 is 10.6 Å².